The number of rotatable bonds is 4. The zero-order valence-corrected chi connectivity index (χ0v) is 14.1. The van der Waals surface area contributed by atoms with Crippen molar-refractivity contribution in [2.75, 3.05) is 0 Å². The van der Waals surface area contributed by atoms with Gasteiger partial charge in [0.15, 0.2) is 0 Å². The SMILES string of the molecule is CC(C)(O)CCc1ccccc1B1OC(C)(C)C(C)(C)O1. The molecule has 1 aromatic carbocycles. The second kappa shape index (κ2) is 5.42. The summed E-state index contributed by atoms with van der Waals surface area (Å²) < 4.78 is 12.3. The van der Waals surface area contributed by atoms with Gasteiger partial charge in [0.05, 0.1) is 16.8 Å². The zero-order valence-electron chi connectivity index (χ0n) is 14.1. The molecule has 0 atom stereocenters. The van der Waals surface area contributed by atoms with Gasteiger partial charge in [-0.15, -0.1) is 0 Å². The lowest BCUT2D eigenvalue weighted by molar-refractivity contribution is 0.00578. The van der Waals surface area contributed by atoms with E-state index in [0.717, 1.165) is 11.9 Å². The minimum atomic E-state index is -0.664. The van der Waals surface area contributed by atoms with Gasteiger partial charge in [-0.3, -0.25) is 0 Å². The van der Waals surface area contributed by atoms with Crippen molar-refractivity contribution in [2.24, 2.45) is 0 Å². The van der Waals surface area contributed by atoms with Crippen LogP contribution in [0.2, 0.25) is 0 Å². The van der Waals surface area contributed by atoms with E-state index in [1.165, 1.54) is 5.56 Å². The molecule has 21 heavy (non-hydrogen) atoms. The Morgan fingerprint density at radius 3 is 2.10 bits per heavy atom. The van der Waals surface area contributed by atoms with Crippen LogP contribution < -0.4 is 5.46 Å². The van der Waals surface area contributed by atoms with E-state index in [1.54, 1.807) is 0 Å². The Bertz CT molecular complexity index is 487. The fourth-order valence-corrected chi connectivity index (χ4v) is 2.40. The highest BCUT2D eigenvalue weighted by Crippen LogP contribution is 2.36. The quantitative estimate of drug-likeness (QED) is 0.867. The van der Waals surface area contributed by atoms with Crippen LogP contribution in [0.25, 0.3) is 0 Å². The van der Waals surface area contributed by atoms with Gasteiger partial charge in [0, 0.05) is 0 Å². The van der Waals surface area contributed by atoms with Crippen LogP contribution in [-0.4, -0.2) is 29.0 Å². The Hall–Kier alpha value is -0.835. The predicted octanol–water partition coefficient (Wildman–Crippen LogP) is 2.69. The third-order valence-electron chi connectivity index (χ3n) is 4.57. The Labute approximate surface area is 128 Å². The second-order valence-corrected chi connectivity index (χ2v) is 7.60. The van der Waals surface area contributed by atoms with Crippen molar-refractivity contribution < 1.29 is 14.4 Å². The Morgan fingerprint density at radius 1 is 1.05 bits per heavy atom. The van der Waals surface area contributed by atoms with Gasteiger partial charge in [0.1, 0.15) is 0 Å². The van der Waals surface area contributed by atoms with Gasteiger partial charge in [0.25, 0.3) is 0 Å². The summed E-state index contributed by atoms with van der Waals surface area (Å²) in [6.45, 7) is 11.9. The third kappa shape index (κ3) is 3.68. The molecule has 0 aromatic heterocycles. The van der Waals surface area contributed by atoms with E-state index in [0.29, 0.717) is 6.42 Å². The standard InChI is InChI=1S/C17H27BO3/c1-15(2,19)12-11-13-9-7-8-10-14(13)18-20-16(3,4)17(5,6)21-18/h7-10,19H,11-12H2,1-6H3. The highest BCUT2D eigenvalue weighted by molar-refractivity contribution is 6.62. The van der Waals surface area contributed by atoms with Crippen LogP contribution >= 0.6 is 0 Å². The summed E-state index contributed by atoms with van der Waals surface area (Å²) in [7, 11) is -0.340. The Balaban J connectivity index is 2.22. The van der Waals surface area contributed by atoms with E-state index in [2.05, 4.69) is 39.8 Å². The molecule has 0 aliphatic carbocycles. The van der Waals surface area contributed by atoms with E-state index in [9.17, 15) is 5.11 Å². The molecule has 0 spiro atoms. The van der Waals surface area contributed by atoms with Crippen molar-refractivity contribution in [1.82, 2.24) is 0 Å². The molecular weight excluding hydrogens is 263 g/mol. The molecule has 1 N–H and O–H groups in total. The lowest BCUT2D eigenvalue weighted by Gasteiger charge is -2.32. The maximum atomic E-state index is 9.94. The van der Waals surface area contributed by atoms with Crippen LogP contribution in [0.3, 0.4) is 0 Å². The van der Waals surface area contributed by atoms with Gasteiger partial charge in [0.2, 0.25) is 0 Å². The Morgan fingerprint density at radius 2 is 1.57 bits per heavy atom. The summed E-state index contributed by atoms with van der Waals surface area (Å²) in [6.07, 6.45) is 1.52. The first-order chi connectivity index (χ1) is 9.52. The minimum Gasteiger partial charge on any atom is -0.399 e. The summed E-state index contributed by atoms with van der Waals surface area (Å²) in [5.41, 5.74) is 0.920. The van der Waals surface area contributed by atoms with Crippen LogP contribution in [0.1, 0.15) is 53.5 Å². The minimum absolute atomic E-state index is 0.332. The highest BCUT2D eigenvalue weighted by Gasteiger charge is 2.52. The molecule has 1 aliphatic heterocycles. The smallest absolute Gasteiger partial charge is 0.399 e. The van der Waals surface area contributed by atoms with Crippen molar-refractivity contribution in [1.29, 1.82) is 0 Å². The summed E-state index contributed by atoms with van der Waals surface area (Å²) in [5, 5.41) is 9.94. The number of aryl methyl sites for hydroxylation is 1. The summed E-state index contributed by atoms with van der Waals surface area (Å²) in [4.78, 5) is 0. The van der Waals surface area contributed by atoms with E-state index < -0.39 is 5.60 Å². The van der Waals surface area contributed by atoms with Crippen LogP contribution in [0.5, 0.6) is 0 Å². The molecule has 0 bridgehead atoms. The maximum absolute atomic E-state index is 9.94. The fourth-order valence-electron chi connectivity index (χ4n) is 2.40. The molecular formula is C17H27BO3. The summed E-state index contributed by atoms with van der Waals surface area (Å²) in [6, 6.07) is 8.18. The molecule has 1 aliphatic rings. The van der Waals surface area contributed by atoms with Gasteiger partial charge in [-0.2, -0.15) is 0 Å². The van der Waals surface area contributed by atoms with E-state index in [1.807, 2.05) is 26.0 Å². The molecule has 2 rings (SSSR count). The molecule has 0 radical (unpaired) electrons. The monoisotopic (exact) mass is 290 g/mol. The van der Waals surface area contributed by atoms with E-state index >= 15 is 0 Å². The van der Waals surface area contributed by atoms with Crippen molar-refractivity contribution >= 4 is 12.6 Å². The van der Waals surface area contributed by atoms with Gasteiger partial charge < -0.3 is 14.4 Å². The first kappa shape index (κ1) is 16.5. The topological polar surface area (TPSA) is 38.7 Å². The van der Waals surface area contributed by atoms with Gasteiger partial charge in [-0.1, -0.05) is 24.3 Å². The van der Waals surface area contributed by atoms with Crippen molar-refractivity contribution in [3.63, 3.8) is 0 Å². The molecule has 1 aromatic rings. The van der Waals surface area contributed by atoms with Crippen LogP contribution in [0, 0.1) is 0 Å². The van der Waals surface area contributed by atoms with E-state index in [4.69, 9.17) is 9.31 Å². The number of hydrogen-bond acceptors (Lipinski definition) is 3. The molecule has 3 nitrogen and oxygen atoms in total. The van der Waals surface area contributed by atoms with Gasteiger partial charge >= 0.3 is 7.12 Å². The molecule has 1 heterocycles. The Kier molecular flexibility index (Phi) is 4.27. The summed E-state index contributed by atoms with van der Waals surface area (Å²) in [5.74, 6) is 0. The predicted molar refractivity (Wildman–Crippen MR) is 86.8 cm³/mol. The third-order valence-corrected chi connectivity index (χ3v) is 4.57. The highest BCUT2D eigenvalue weighted by atomic mass is 16.7. The van der Waals surface area contributed by atoms with Gasteiger partial charge in [-0.25, -0.2) is 0 Å². The molecule has 4 heteroatoms. The van der Waals surface area contributed by atoms with E-state index in [-0.39, 0.29) is 18.3 Å². The molecule has 116 valence electrons. The van der Waals surface area contributed by atoms with Crippen molar-refractivity contribution in [2.45, 2.75) is 71.2 Å². The number of aliphatic hydroxyl groups is 1. The maximum Gasteiger partial charge on any atom is 0.495 e. The summed E-state index contributed by atoms with van der Waals surface area (Å²) >= 11 is 0. The van der Waals surface area contributed by atoms with Crippen LogP contribution in [-0.2, 0) is 15.7 Å². The lowest BCUT2D eigenvalue weighted by atomic mass is 9.74. The number of hydrogen-bond donors (Lipinski definition) is 1. The van der Waals surface area contributed by atoms with Crippen molar-refractivity contribution in [3.05, 3.63) is 29.8 Å². The average molecular weight is 290 g/mol. The van der Waals surface area contributed by atoms with Crippen LogP contribution in [0.15, 0.2) is 24.3 Å². The second-order valence-electron chi connectivity index (χ2n) is 7.60. The van der Waals surface area contributed by atoms with Crippen LogP contribution in [0.4, 0.5) is 0 Å². The fraction of sp³-hybridized carbons (Fsp3) is 0.647. The zero-order chi connectivity index (χ0) is 15.9. The molecule has 0 saturated carbocycles. The lowest BCUT2D eigenvalue weighted by Crippen LogP contribution is -2.41. The number of benzene rings is 1. The molecule has 1 fully saturated rings. The molecule has 0 unspecified atom stereocenters. The van der Waals surface area contributed by atoms with Gasteiger partial charge in [-0.05, 0) is 65.4 Å². The largest absolute Gasteiger partial charge is 0.495 e. The average Bonchev–Trinajstić information content (AvgIpc) is 2.55. The first-order valence-electron chi connectivity index (χ1n) is 7.68. The molecule has 0 amide bonds. The molecule has 1 saturated heterocycles. The first-order valence-corrected chi connectivity index (χ1v) is 7.68. The van der Waals surface area contributed by atoms with Crippen molar-refractivity contribution in [3.8, 4) is 0 Å². The normalized spacial score (nSPS) is 20.8.